The summed E-state index contributed by atoms with van der Waals surface area (Å²) in [5.41, 5.74) is -0.0475. The van der Waals surface area contributed by atoms with Crippen molar-refractivity contribution in [1.82, 2.24) is 16.0 Å². The number of amides is 3. The average molecular weight is 496 g/mol. The predicted molar refractivity (Wildman–Crippen MR) is 137 cm³/mol. The number of carbonyl (C=O) groups excluding carboxylic acids is 3. The van der Waals surface area contributed by atoms with Gasteiger partial charge >= 0.3 is 0 Å². The van der Waals surface area contributed by atoms with E-state index in [2.05, 4.69) is 16.0 Å². The highest BCUT2D eigenvalue weighted by atomic mass is 16.2. The zero-order valence-electron chi connectivity index (χ0n) is 21.9. The van der Waals surface area contributed by atoms with E-state index < -0.39 is 0 Å². The molecule has 0 unspecified atom stereocenters. The molecule has 0 aromatic rings. The summed E-state index contributed by atoms with van der Waals surface area (Å²) < 4.78 is 0. The van der Waals surface area contributed by atoms with Gasteiger partial charge in [-0.1, -0.05) is 0 Å². The molecule has 36 heavy (non-hydrogen) atoms. The molecule has 3 amide bonds. The molecule has 7 fully saturated rings. The van der Waals surface area contributed by atoms with Gasteiger partial charge < -0.3 is 16.0 Å². The largest absolute Gasteiger partial charge is 0.350 e. The SMILES string of the molecule is O=C(NC12CCC(CC1)C2)C1CC(C(=O)NC23CCC(CC2)C3)CC(C(=O)NC23CCC(CC2)C3)C1. The van der Waals surface area contributed by atoms with Crippen molar-refractivity contribution in [2.24, 2.45) is 35.5 Å². The molecule has 198 valence electrons. The Kier molecular flexibility index (Phi) is 5.53. The third-order valence-electron chi connectivity index (χ3n) is 12.2. The standard InChI is InChI=1S/C30H45N3O3/c34-25(31-28-7-1-19(16-28)2-8-28)22-13-23(26(35)32-29-9-3-20(17-29)4-10-29)15-24(14-22)27(36)33-30-11-5-21(18-30)6-12-30/h19-24H,1-18H2,(H,31,34)(H,32,35)(H,33,36). The van der Waals surface area contributed by atoms with Crippen LogP contribution in [0, 0.1) is 35.5 Å². The fourth-order valence-electron chi connectivity index (χ4n) is 10.2. The highest BCUT2D eigenvalue weighted by Crippen LogP contribution is 2.50. The summed E-state index contributed by atoms with van der Waals surface area (Å²) in [4.78, 5) is 40.9. The Morgan fingerprint density at radius 3 is 0.889 bits per heavy atom. The molecule has 0 spiro atoms. The van der Waals surface area contributed by atoms with Crippen molar-refractivity contribution in [3.05, 3.63) is 0 Å². The van der Waals surface area contributed by atoms with Gasteiger partial charge in [0.2, 0.25) is 17.7 Å². The molecule has 0 atom stereocenters. The van der Waals surface area contributed by atoms with Crippen LogP contribution in [-0.4, -0.2) is 34.3 Å². The summed E-state index contributed by atoms with van der Waals surface area (Å²) in [5, 5.41) is 10.4. The number of rotatable bonds is 6. The molecular formula is C30H45N3O3. The van der Waals surface area contributed by atoms with Crippen molar-refractivity contribution in [3.8, 4) is 0 Å². The number of hydrogen-bond donors (Lipinski definition) is 3. The Balaban J connectivity index is 1.07. The quantitative estimate of drug-likeness (QED) is 0.511. The lowest BCUT2D eigenvalue weighted by Crippen LogP contribution is -2.54. The van der Waals surface area contributed by atoms with Crippen LogP contribution in [0.3, 0.4) is 0 Å². The van der Waals surface area contributed by atoms with E-state index in [1.807, 2.05) is 0 Å². The van der Waals surface area contributed by atoms with E-state index in [-0.39, 0.29) is 52.1 Å². The van der Waals surface area contributed by atoms with E-state index in [9.17, 15) is 14.4 Å². The first-order valence-corrected chi connectivity index (χ1v) is 15.3. The van der Waals surface area contributed by atoms with Crippen LogP contribution in [-0.2, 0) is 14.4 Å². The summed E-state index contributed by atoms with van der Waals surface area (Å²) >= 11 is 0. The monoisotopic (exact) mass is 495 g/mol. The van der Waals surface area contributed by atoms with Crippen molar-refractivity contribution in [2.75, 3.05) is 0 Å². The van der Waals surface area contributed by atoms with Gasteiger partial charge in [-0.05, 0) is 133 Å². The number of hydrogen-bond acceptors (Lipinski definition) is 3. The first kappa shape index (κ1) is 23.5. The second-order valence-corrected chi connectivity index (χ2v) is 14.5. The van der Waals surface area contributed by atoms with Crippen LogP contribution in [0.4, 0.5) is 0 Å². The Hall–Kier alpha value is -1.59. The van der Waals surface area contributed by atoms with Crippen LogP contribution in [0.5, 0.6) is 0 Å². The smallest absolute Gasteiger partial charge is 0.223 e. The molecule has 0 radical (unpaired) electrons. The van der Waals surface area contributed by atoms with Gasteiger partial charge in [-0.3, -0.25) is 14.4 Å². The van der Waals surface area contributed by atoms with Crippen molar-refractivity contribution in [2.45, 2.75) is 132 Å². The molecule has 7 aliphatic carbocycles. The third-order valence-corrected chi connectivity index (χ3v) is 12.2. The lowest BCUT2D eigenvalue weighted by Gasteiger charge is -2.38. The third kappa shape index (κ3) is 4.09. The van der Waals surface area contributed by atoms with Gasteiger partial charge in [0.1, 0.15) is 0 Å². The topological polar surface area (TPSA) is 87.3 Å². The van der Waals surface area contributed by atoms with Crippen molar-refractivity contribution in [1.29, 1.82) is 0 Å². The molecule has 7 aliphatic rings. The van der Waals surface area contributed by atoms with Gasteiger partial charge in [0.25, 0.3) is 0 Å². The number of fused-ring (bicyclic) bond motifs is 6. The molecule has 7 rings (SSSR count). The zero-order chi connectivity index (χ0) is 24.5. The molecule has 3 N–H and O–H groups in total. The van der Waals surface area contributed by atoms with Crippen LogP contribution >= 0.6 is 0 Å². The van der Waals surface area contributed by atoms with E-state index in [0.717, 1.165) is 75.5 Å². The fraction of sp³-hybridized carbons (Fsp3) is 0.900. The van der Waals surface area contributed by atoms with Crippen LogP contribution in [0.15, 0.2) is 0 Å². The second-order valence-electron chi connectivity index (χ2n) is 14.5. The van der Waals surface area contributed by atoms with Crippen molar-refractivity contribution >= 4 is 17.7 Å². The summed E-state index contributed by atoms with van der Waals surface area (Å²) in [6.07, 6.45) is 19.1. The zero-order valence-corrected chi connectivity index (χ0v) is 21.9. The van der Waals surface area contributed by atoms with Gasteiger partial charge in [0, 0.05) is 34.4 Å². The van der Waals surface area contributed by atoms with Crippen LogP contribution in [0.2, 0.25) is 0 Å². The minimum Gasteiger partial charge on any atom is -0.350 e. The summed E-state index contributed by atoms with van der Waals surface area (Å²) in [6.45, 7) is 0. The molecule has 6 nitrogen and oxygen atoms in total. The van der Waals surface area contributed by atoms with Crippen molar-refractivity contribution < 1.29 is 14.4 Å². The highest BCUT2D eigenvalue weighted by Gasteiger charge is 2.51. The van der Waals surface area contributed by atoms with E-state index in [1.54, 1.807) is 0 Å². The van der Waals surface area contributed by atoms with E-state index >= 15 is 0 Å². The summed E-state index contributed by atoms with van der Waals surface area (Å²) in [6, 6.07) is 0. The van der Waals surface area contributed by atoms with Crippen LogP contribution < -0.4 is 16.0 Å². The molecule has 0 saturated heterocycles. The fourth-order valence-corrected chi connectivity index (χ4v) is 10.2. The molecule has 6 heteroatoms. The molecule has 0 aromatic carbocycles. The molecule has 0 aromatic heterocycles. The predicted octanol–water partition coefficient (Wildman–Crippen LogP) is 4.37. The summed E-state index contributed by atoms with van der Waals surface area (Å²) in [5.74, 6) is 1.91. The lowest BCUT2D eigenvalue weighted by atomic mass is 9.73. The second kappa shape index (κ2) is 8.46. The molecule has 6 bridgehead atoms. The lowest BCUT2D eigenvalue weighted by molar-refractivity contribution is -0.137. The van der Waals surface area contributed by atoms with Gasteiger partial charge in [0.05, 0.1) is 0 Å². The molecule has 7 saturated carbocycles. The molecule has 0 heterocycles. The minimum absolute atomic E-state index is 0.0158. The van der Waals surface area contributed by atoms with Gasteiger partial charge in [-0.2, -0.15) is 0 Å². The minimum atomic E-state index is -0.242. The maximum Gasteiger partial charge on any atom is 0.223 e. The Morgan fingerprint density at radius 1 is 0.444 bits per heavy atom. The average Bonchev–Trinajstić information content (AvgIpc) is 3.72. The maximum absolute atomic E-state index is 13.6. The van der Waals surface area contributed by atoms with Crippen LogP contribution in [0.25, 0.3) is 0 Å². The highest BCUT2D eigenvalue weighted by molar-refractivity contribution is 5.87. The first-order valence-electron chi connectivity index (χ1n) is 15.3. The Labute approximate surface area is 215 Å². The van der Waals surface area contributed by atoms with Crippen LogP contribution in [0.1, 0.15) is 116 Å². The number of carbonyl (C=O) groups is 3. The van der Waals surface area contributed by atoms with Crippen molar-refractivity contribution in [3.63, 3.8) is 0 Å². The maximum atomic E-state index is 13.6. The van der Waals surface area contributed by atoms with Gasteiger partial charge in [-0.15, -0.1) is 0 Å². The van der Waals surface area contributed by atoms with E-state index in [1.165, 1.54) is 38.5 Å². The normalized spacial score (nSPS) is 48.3. The van der Waals surface area contributed by atoms with Gasteiger partial charge in [-0.25, -0.2) is 0 Å². The summed E-state index contributed by atoms with van der Waals surface area (Å²) in [7, 11) is 0. The molecule has 0 aliphatic heterocycles. The Bertz CT molecular complexity index is 797. The van der Waals surface area contributed by atoms with E-state index in [4.69, 9.17) is 0 Å². The molecular weight excluding hydrogens is 450 g/mol. The van der Waals surface area contributed by atoms with Gasteiger partial charge in [0.15, 0.2) is 0 Å². The Morgan fingerprint density at radius 2 is 0.694 bits per heavy atom. The van der Waals surface area contributed by atoms with E-state index in [0.29, 0.717) is 19.3 Å². The first-order chi connectivity index (χ1) is 17.3. The number of nitrogens with one attached hydrogen (secondary N) is 3.